The molecule has 0 saturated heterocycles. The number of ether oxygens (including phenoxy) is 1. The predicted octanol–water partition coefficient (Wildman–Crippen LogP) is 6.42. The van der Waals surface area contributed by atoms with Gasteiger partial charge in [-0.15, -0.1) is 0 Å². The van der Waals surface area contributed by atoms with Crippen molar-refractivity contribution in [2.24, 2.45) is 0 Å². The number of anilines is 3. The summed E-state index contributed by atoms with van der Waals surface area (Å²) in [5.74, 6) is 0.963. The second-order valence-corrected chi connectivity index (χ2v) is 7.23. The molecule has 156 valence electrons. The van der Waals surface area contributed by atoms with E-state index in [0.29, 0.717) is 44.4 Å². The fourth-order valence-electron chi connectivity index (χ4n) is 3.10. The third-order valence-electron chi connectivity index (χ3n) is 4.60. The molecule has 3 aromatic carbocycles. The lowest BCUT2D eigenvalue weighted by Gasteiger charge is -2.13. The number of nitrogens with one attached hydrogen (secondary N) is 2. The van der Waals surface area contributed by atoms with Crippen molar-refractivity contribution < 1.29 is 9.53 Å². The quantitative estimate of drug-likeness (QED) is 0.338. The van der Waals surface area contributed by atoms with Crippen molar-refractivity contribution in [2.75, 3.05) is 10.6 Å². The van der Waals surface area contributed by atoms with Gasteiger partial charge in [0.1, 0.15) is 17.6 Å². The van der Waals surface area contributed by atoms with E-state index >= 15 is 0 Å². The molecule has 0 aliphatic rings. The number of benzene rings is 3. The fraction of sp³-hybridized carbons (Fsp3) is 0. The van der Waals surface area contributed by atoms with Crippen LogP contribution in [0.3, 0.4) is 0 Å². The topological polar surface area (TPSA) is 87.0 Å². The zero-order valence-electron chi connectivity index (χ0n) is 16.8. The standard InChI is InChI=1S/C25H17ClN4O2/c1-2-24(31)29-19-8-11-23-22(13-19)25(16(14-27)15-28-23)30-18-6-9-20(10-7-18)32-21-5-3-4-17(26)12-21/h2-13,15H,1H2,(H,28,30)(H,29,31). The smallest absolute Gasteiger partial charge is 0.247 e. The molecule has 0 spiro atoms. The van der Waals surface area contributed by atoms with Gasteiger partial charge in [0.25, 0.3) is 0 Å². The highest BCUT2D eigenvalue weighted by atomic mass is 35.5. The predicted molar refractivity (Wildman–Crippen MR) is 127 cm³/mol. The van der Waals surface area contributed by atoms with Crippen LogP contribution in [0, 0.1) is 11.3 Å². The Bertz CT molecular complexity index is 1360. The second-order valence-electron chi connectivity index (χ2n) is 6.79. The van der Waals surface area contributed by atoms with Crippen molar-refractivity contribution in [1.29, 1.82) is 5.26 Å². The molecule has 7 heteroatoms. The maximum Gasteiger partial charge on any atom is 0.247 e. The van der Waals surface area contributed by atoms with Gasteiger partial charge in [-0.1, -0.05) is 24.2 Å². The Hall–Kier alpha value is -4.34. The first-order chi connectivity index (χ1) is 15.6. The summed E-state index contributed by atoms with van der Waals surface area (Å²) in [6.07, 6.45) is 2.71. The van der Waals surface area contributed by atoms with E-state index in [0.717, 1.165) is 5.69 Å². The summed E-state index contributed by atoms with van der Waals surface area (Å²) in [6, 6.07) is 21.9. The summed E-state index contributed by atoms with van der Waals surface area (Å²) < 4.78 is 5.82. The van der Waals surface area contributed by atoms with Crippen molar-refractivity contribution >= 4 is 45.5 Å². The van der Waals surface area contributed by atoms with E-state index in [9.17, 15) is 10.1 Å². The Morgan fingerprint density at radius 2 is 1.84 bits per heavy atom. The van der Waals surface area contributed by atoms with Crippen LogP contribution in [0.2, 0.25) is 5.02 Å². The van der Waals surface area contributed by atoms with E-state index in [1.54, 1.807) is 30.3 Å². The van der Waals surface area contributed by atoms with Crippen LogP contribution in [0.5, 0.6) is 11.5 Å². The SMILES string of the molecule is C=CC(=O)Nc1ccc2ncc(C#N)c(Nc3ccc(Oc4cccc(Cl)c4)cc3)c2c1. The molecule has 0 bridgehead atoms. The first-order valence-corrected chi connectivity index (χ1v) is 10.0. The number of carbonyl (C=O) groups excluding carboxylic acids is 1. The minimum Gasteiger partial charge on any atom is -0.457 e. The molecule has 0 unspecified atom stereocenters. The van der Waals surface area contributed by atoms with Crippen molar-refractivity contribution in [1.82, 2.24) is 4.98 Å². The molecule has 1 amide bonds. The number of halogens is 1. The number of nitriles is 1. The molecule has 32 heavy (non-hydrogen) atoms. The lowest BCUT2D eigenvalue weighted by Crippen LogP contribution is -2.07. The van der Waals surface area contributed by atoms with Crippen LogP contribution in [-0.2, 0) is 4.79 Å². The molecular weight excluding hydrogens is 424 g/mol. The van der Waals surface area contributed by atoms with Gasteiger partial charge in [-0.05, 0) is 66.7 Å². The second kappa shape index (κ2) is 9.21. The number of nitrogens with zero attached hydrogens (tertiary/aromatic N) is 2. The average Bonchev–Trinajstić information content (AvgIpc) is 2.80. The largest absolute Gasteiger partial charge is 0.457 e. The first-order valence-electron chi connectivity index (χ1n) is 9.62. The number of hydrogen-bond donors (Lipinski definition) is 2. The molecule has 2 N–H and O–H groups in total. The van der Waals surface area contributed by atoms with E-state index in [-0.39, 0.29) is 5.91 Å². The third-order valence-corrected chi connectivity index (χ3v) is 4.83. The minimum atomic E-state index is -0.321. The van der Waals surface area contributed by atoms with Crippen LogP contribution >= 0.6 is 11.6 Å². The molecule has 0 fully saturated rings. The van der Waals surface area contributed by atoms with Gasteiger partial charge in [-0.3, -0.25) is 9.78 Å². The highest BCUT2D eigenvalue weighted by molar-refractivity contribution is 6.30. The molecule has 0 atom stereocenters. The molecule has 0 aliphatic heterocycles. The number of rotatable bonds is 6. The summed E-state index contributed by atoms with van der Waals surface area (Å²) in [7, 11) is 0. The van der Waals surface area contributed by atoms with Crippen molar-refractivity contribution in [3.8, 4) is 17.6 Å². The first kappa shape index (κ1) is 20.9. The Morgan fingerprint density at radius 3 is 2.56 bits per heavy atom. The van der Waals surface area contributed by atoms with E-state index < -0.39 is 0 Å². The lowest BCUT2D eigenvalue weighted by atomic mass is 10.1. The number of hydrogen-bond acceptors (Lipinski definition) is 5. The summed E-state index contributed by atoms with van der Waals surface area (Å²) in [5, 5.41) is 16.9. The van der Waals surface area contributed by atoms with Crippen LogP contribution < -0.4 is 15.4 Å². The van der Waals surface area contributed by atoms with Crippen LogP contribution in [-0.4, -0.2) is 10.9 Å². The zero-order valence-corrected chi connectivity index (χ0v) is 17.6. The van der Waals surface area contributed by atoms with Crippen LogP contribution in [0.4, 0.5) is 17.1 Å². The summed E-state index contributed by atoms with van der Waals surface area (Å²) in [4.78, 5) is 16.0. The van der Waals surface area contributed by atoms with Crippen LogP contribution in [0.25, 0.3) is 10.9 Å². The van der Waals surface area contributed by atoms with E-state index in [1.165, 1.54) is 12.3 Å². The van der Waals surface area contributed by atoms with E-state index in [4.69, 9.17) is 16.3 Å². The Kier molecular flexibility index (Phi) is 6.02. The van der Waals surface area contributed by atoms with Gasteiger partial charge in [0.2, 0.25) is 5.91 Å². The van der Waals surface area contributed by atoms with Gasteiger partial charge in [0.15, 0.2) is 0 Å². The van der Waals surface area contributed by atoms with E-state index in [2.05, 4.69) is 28.3 Å². The van der Waals surface area contributed by atoms with Gasteiger partial charge >= 0.3 is 0 Å². The molecule has 1 heterocycles. The Labute approximate surface area is 189 Å². The van der Waals surface area contributed by atoms with Gasteiger partial charge in [-0.25, -0.2) is 0 Å². The summed E-state index contributed by atoms with van der Waals surface area (Å²) in [5.41, 5.74) is 2.99. The highest BCUT2D eigenvalue weighted by Gasteiger charge is 2.11. The molecule has 0 aliphatic carbocycles. The zero-order chi connectivity index (χ0) is 22.5. The van der Waals surface area contributed by atoms with Crippen molar-refractivity contribution in [3.05, 3.63) is 96.2 Å². The molecular formula is C25H17ClN4O2. The van der Waals surface area contributed by atoms with Crippen LogP contribution in [0.15, 0.2) is 85.6 Å². The van der Waals surface area contributed by atoms with Crippen molar-refractivity contribution in [3.63, 3.8) is 0 Å². The molecule has 6 nitrogen and oxygen atoms in total. The van der Waals surface area contributed by atoms with Gasteiger partial charge < -0.3 is 15.4 Å². The maximum absolute atomic E-state index is 11.7. The number of carbonyl (C=O) groups is 1. The minimum absolute atomic E-state index is 0.321. The van der Waals surface area contributed by atoms with Gasteiger partial charge in [0.05, 0.1) is 16.8 Å². The number of aromatic nitrogens is 1. The molecule has 0 saturated carbocycles. The van der Waals surface area contributed by atoms with Gasteiger partial charge in [-0.2, -0.15) is 5.26 Å². The molecule has 4 rings (SSSR count). The maximum atomic E-state index is 11.7. The van der Waals surface area contributed by atoms with Crippen LogP contribution in [0.1, 0.15) is 5.56 Å². The normalized spacial score (nSPS) is 10.2. The molecule has 4 aromatic rings. The number of amides is 1. The van der Waals surface area contributed by atoms with Gasteiger partial charge in [0, 0.05) is 28.0 Å². The highest BCUT2D eigenvalue weighted by Crippen LogP contribution is 2.32. The monoisotopic (exact) mass is 440 g/mol. The fourth-order valence-corrected chi connectivity index (χ4v) is 3.28. The van der Waals surface area contributed by atoms with Crippen molar-refractivity contribution in [2.45, 2.75) is 0 Å². The Morgan fingerprint density at radius 1 is 1.06 bits per heavy atom. The molecule has 0 radical (unpaired) electrons. The van der Waals surface area contributed by atoms with E-state index in [1.807, 2.05) is 36.4 Å². The number of pyridine rings is 1. The lowest BCUT2D eigenvalue weighted by molar-refractivity contribution is -0.111. The third kappa shape index (κ3) is 4.69. The average molecular weight is 441 g/mol. The Balaban J connectivity index is 1.63. The summed E-state index contributed by atoms with van der Waals surface area (Å²) >= 11 is 6.00. The summed E-state index contributed by atoms with van der Waals surface area (Å²) in [6.45, 7) is 3.46. The molecule has 1 aromatic heterocycles. The number of fused-ring (bicyclic) bond motifs is 1.